The number of fused-ring (bicyclic) bond motifs is 7. The average Bonchev–Trinajstić information content (AvgIpc) is 3.75. The number of hydrogen-bond acceptors (Lipinski definition) is 5. The second-order valence-electron chi connectivity index (χ2n) is 19.7. The molecule has 4 heterocycles. The molecule has 0 unspecified atom stereocenters. The van der Waals surface area contributed by atoms with Crippen molar-refractivity contribution in [1.82, 2.24) is 0 Å². The highest BCUT2D eigenvalue weighted by atomic mass is 16.7. The molecule has 3 aliphatic heterocycles. The van der Waals surface area contributed by atoms with Crippen LogP contribution in [-0.4, -0.2) is 13.5 Å². The molecule has 286 valence electrons. The smallest absolute Gasteiger partial charge is 0.257 e. The van der Waals surface area contributed by atoms with Gasteiger partial charge in [-0.1, -0.05) is 106 Å². The van der Waals surface area contributed by atoms with E-state index in [1.165, 1.54) is 50.0 Å². The van der Waals surface area contributed by atoms with Gasteiger partial charge in [0.25, 0.3) is 6.71 Å². The fourth-order valence-electron chi connectivity index (χ4n) is 9.12. The van der Waals surface area contributed by atoms with Crippen molar-refractivity contribution in [2.75, 3.05) is 16.6 Å². The van der Waals surface area contributed by atoms with Crippen LogP contribution in [-0.2, 0) is 16.2 Å². The van der Waals surface area contributed by atoms with Crippen LogP contribution in [0.25, 0.3) is 11.0 Å². The van der Waals surface area contributed by atoms with Gasteiger partial charge in [0.1, 0.15) is 5.58 Å². The van der Waals surface area contributed by atoms with E-state index in [2.05, 4.69) is 179 Å². The van der Waals surface area contributed by atoms with E-state index in [-0.39, 0.29) is 35.7 Å². The monoisotopic (exact) mass is 742 g/mol. The first-order chi connectivity index (χ1) is 26.3. The predicted molar refractivity (Wildman–Crippen MR) is 236 cm³/mol. The van der Waals surface area contributed by atoms with Crippen LogP contribution in [0.5, 0.6) is 11.5 Å². The first-order valence-corrected chi connectivity index (χ1v) is 20.3. The van der Waals surface area contributed by atoms with Crippen LogP contribution in [0.2, 0.25) is 0 Å². The van der Waals surface area contributed by atoms with E-state index < -0.39 is 0 Å². The standard InChI is InChI=1S/C50H55BN2O3/c1-28(2)31-23-39-44-40(24-31)53(45-29(3)22-42-46(30(45)4)55-27-54-42)47-43(36-25-33(49(8,9)10)17-21-41(36)56-47)51(44)37-26-34(50(11,12)13)16-20-38(37)52(39)35-18-14-32(15-19-35)48(5,6)7/h14-26,28H,27H2,1-13H3. The van der Waals surface area contributed by atoms with Gasteiger partial charge < -0.3 is 18.8 Å². The summed E-state index contributed by atoms with van der Waals surface area (Å²) in [4.78, 5) is 4.94. The molecule has 0 saturated carbocycles. The molecule has 3 aliphatic rings. The fourth-order valence-corrected chi connectivity index (χ4v) is 9.12. The zero-order valence-electron chi connectivity index (χ0n) is 35.5. The molecule has 6 aromatic rings. The molecule has 0 atom stereocenters. The maximum atomic E-state index is 7.22. The summed E-state index contributed by atoms with van der Waals surface area (Å²) in [6.45, 7) is 29.8. The van der Waals surface area contributed by atoms with E-state index in [0.29, 0.717) is 0 Å². The number of furan rings is 1. The number of nitrogens with zero attached hydrogens (tertiary/aromatic N) is 2. The average molecular weight is 743 g/mol. The molecule has 5 aromatic carbocycles. The van der Waals surface area contributed by atoms with Crippen molar-refractivity contribution >= 4 is 68.4 Å². The summed E-state index contributed by atoms with van der Waals surface area (Å²) in [5, 5.41) is 1.16. The van der Waals surface area contributed by atoms with Crippen LogP contribution in [0.15, 0.2) is 83.3 Å². The Hall–Kier alpha value is -5.10. The molecule has 6 heteroatoms. The van der Waals surface area contributed by atoms with E-state index in [1.807, 2.05) is 0 Å². The minimum Gasteiger partial charge on any atom is -0.454 e. The lowest BCUT2D eigenvalue weighted by atomic mass is 9.33. The van der Waals surface area contributed by atoms with E-state index >= 15 is 0 Å². The Morgan fingerprint density at radius 1 is 0.625 bits per heavy atom. The van der Waals surface area contributed by atoms with Crippen molar-refractivity contribution in [2.24, 2.45) is 0 Å². The van der Waals surface area contributed by atoms with Gasteiger partial charge >= 0.3 is 0 Å². The molecule has 0 N–H and O–H groups in total. The minimum absolute atomic E-state index is 0.0354. The van der Waals surface area contributed by atoms with E-state index in [9.17, 15) is 0 Å². The van der Waals surface area contributed by atoms with Crippen molar-refractivity contribution < 1.29 is 13.9 Å². The lowest BCUT2D eigenvalue weighted by molar-refractivity contribution is 0.173. The van der Waals surface area contributed by atoms with Crippen LogP contribution in [0, 0.1) is 13.8 Å². The normalized spacial score (nSPS) is 14.8. The van der Waals surface area contributed by atoms with E-state index in [1.54, 1.807) is 0 Å². The molecule has 0 aliphatic carbocycles. The number of hydrogen-bond donors (Lipinski definition) is 0. The predicted octanol–water partition coefficient (Wildman–Crippen LogP) is 11.9. The molecule has 0 amide bonds. The molecule has 0 spiro atoms. The molecule has 0 fully saturated rings. The van der Waals surface area contributed by atoms with Crippen molar-refractivity contribution in [1.29, 1.82) is 0 Å². The quantitative estimate of drug-likeness (QED) is 0.169. The second-order valence-corrected chi connectivity index (χ2v) is 19.7. The third kappa shape index (κ3) is 5.50. The van der Waals surface area contributed by atoms with Gasteiger partial charge in [0.2, 0.25) is 12.7 Å². The summed E-state index contributed by atoms with van der Waals surface area (Å²) in [5.41, 5.74) is 17.8. The Bertz CT molecular complexity index is 2580. The van der Waals surface area contributed by atoms with Gasteiger partial charge in [0, 0.05) is 39.2 Å². The lowest BCUT2D eigenvalue weighted by Gasteiger charge is -2.44. The van der Waals surface area contributed by atoms with E-state index in [4.69, 9.17) is 13.9 Å². The lowest BCUT2D eigenvalue weighted by Crippen LogP contribution is -2.61. The fraction of sp³-hybridized carbons (Fsp3) is 0.360. The van der Waals surface area contributed by atoms with E-state index in [0.717, 1.165) is 56.5 Å². The first-order valence-electron chi connectivity index (χ1n) is 20.3. The summed E-state index contributed by atoms with van der Waals surface area (Å²) in [6, 6.07) is 30.3. The number of aryl methyl sites for hydroxylation is 1. The third-order valence-electron chi connectivity index (χ3n) is 12.4. The summed E-state index contributed by atoms with van der Waals surface area (Å²) in [6.07, 6.45) is 0. The molecular formula is C50H55BN2O3. The largest absolute Gasteiger partial charge is 0.454 e. The van der Waals surface area contributed by atoms with Gasteiger partial charge in [-0.15, -0.1) is 0 Å². The summed E-state index contributed by atoms with van der Waals surface area (Å²) in [7, 11) is 0. The Kier molecular flexibility index (Phi) is 7.96. The van der Waals surface area contributed by atoms with Crippen molar-refractivity contribution in [2.45, 2.75) is 112 Å². The highest BCUT2D eigenvalue weighted by molar-refractivity contribution is 7.01. The zero-order chi connectivity index (χ0) is 39.8. The maximum absolute atomic E-state index is 7.22. The summed E-state index contributed by atoms with van der Waals surface area (Å²) >= 11 is 0. The molecule has 9 rings (SSSR count). The number of ether oxygens (including phenoxy) is 2. The first kappa shape index (κ1) is 36.5. The maximum Gasteiger partial charge on any atom is 0.257 e. The Morgan fingerprint density at radius 2 is 1.23 bits per heavy atom. The van der Waals surface area contributed by atoms with Crippen LogP contribution >= 0.6 is 0 Å². The van der Waals surface area contributed by atoms with Gasteiger partial charge in [-0.25, -0.2) is 0 Å². The third-order valence-corrected chi connectivity index (χ3v) is 12.4. The molecule has 1 aromatic heterocycles. The number of anilines is 6. The zero-order valence-corrected chi connectivity index (χ0v) is 35.5. The Balaban J connectivity index is 1.44. The van der Waals surface area contributed by atoms with Gasteiger partial charge in [0.05, 0.1) is 5.69 Å². The van der Waals surface area contributed by atoms with Gasteiger partial charge in [0.15, 0.2) is 11.5 Å². The summed E-state index contributed by atoms with van der Waals surface area (Å²) < 4.78 is 19.3. The van der Waals surface area contributed by atoms with Gasteiger partial charge in [-0.3, -0.25) is 4.90 Å². The van der Waals surface area contributed by atoms with Crippen LogP contribution in [0.3, 0.4) is 0 Å². The molecule has 0 radical (unpaired) electrons. The number of benzene rings is 5. The van der Waals surface area contributed by atoms with Gasteiger partial charge in [-0.2, -0.15) is 0 Å². The summed E-state index contributed by atoms with van der Waals surface area (Å²) in [5.74, 6) is 2.76. The van der Waals surface area contributed by atoms with Crippen LogP contribution in [0.4, 0.5) is 34.3 Å². The van der Waals surface area contributed by atoms with Crippen molar-refractivity contribution in [3.63, 3.8) is 0 Å². The minimum atomic E-state index is -0.0686. The molecule has 0 bridgehead atoms. The highest BCUT2D eigenvalue weighted by Crippen LogP contribution is 2.52. The Morgan fingerprint density at radius 3 is 1.88 bits per heavy atom. The topological polar surface area (TPSA) is 38.1 Å². The van der Waals surface area contributed by atoms with Crippen molar-refractivity contribution in [3.8, 4) is 11.5 Å². The van der Waals surface area contributed by atoms with Crippen molar-refractivity contribution in [3.05, 3.63) is 112 Å². The molecule has 5 nitrogen and oxygen atoms in total. The van der Waals surface area contributed by atoms with Gasteiger partial charge in [-0.05, 0) is 123 Å². The molecular weight excluding hydrogens is 687 g/mol. The molecule has 56 heavy (non-hydrogen) atoms. The highest BCUT2D eigenvalue weighted by Gasteiger charge is 2.48. The molecule has 0 saturated heterocycles. The van der Waals surface area contributed by atoms with Crippen LogP contribution in [0.1, 0.15) is 115 Å². The Labute approximate surface area is 333 Å². The second kappa shape index (κ2) is 12.2. The SMILES string of the molecule is Cc1cc2c(c(C)c1N1c3cc(C(C)C)cc4c3B(c3cc(C(C)(C)C)ccc3N4c3ccc(C(C)(C)C)cc3)c3c1oc1ccc(C(C)(C)C)cc31)OCO2. The number of rotatable bonds is 3. The van der Waals surface area contributed by atoms with Crippen LogP contribution < -0.4 is 35.7 Å².